The van der Waals surface area contributed by atoms with E-state index in [2.05, 4.69) is 20.2 Å². The Morgan fingerprint density at radius 3 is 1.97 bits per heavy atom. The quantitative estimate of drug-likeness (QED) is 0.299. The summed E-state index contributed by atoms with van der Waals surface area (Å²) in [5.41, 5.74) is 2.72. The molecule has 1 N–H and O–H groups in total. The van der Waals surface area contributed by atoms with Gasteiger partial charge in [-0.2, -0.15) is 10.2 Å². The molecule has 4 heterocycles. The molecule has 4 rings (SSSR count). The molecule has 0 atom stereocenters. The Morgan fingerprint density at radius 2 is 1.44 bits per heavy atom. The molecule has 0 unspecified atom stereocenters. The third kappa shape index (κ3) is 6.13. The first-order chi connectivity index (χ1) is 18.3. The van der Waals surface area contributed by atoms with Gasteiger partial charge in [-0.15, -0.1) is 0 Å². The van der Waals surface area contributed by atoms with Gasteiger partial charge in [0.15, 0.2) is 5.65 Å². The van der Waals surface area contributed by atoms with Crippen molar-refractivity contribution in [3.05, 3.63) is 50.2 Å². The van der Waals surface area contributed by atoms with Crippen LogP contribution in [0.3, 0.4) is 0 Å². The van der Waals surface area contributed by atoms with Gasteiger partial charge in [0.2, 0.25) is 5.43 Å². The summed E-state index contributed by atoms with van der Waals surface area (Å²) >= 11 is 6.33. The average Bonchev–Trinajstić information content (AvgIpc) is 3.52. The predicted octanol–water partition coefficient (Wildman–Crippen LogP) is 4.96. The summed E-state index contributed by atoms with van der Waals surface area (Å²) in [6.45, 7) is 13.1. The number of pyridine rings is 2. The topological polar surface area (TPSA) is 134 Å². The number of hydrogen-bond donors (Lipinski definition) is 1. The molecule has 0 fully saturated rings. The van der Waals surface area contributed by atoms with Gasteiger partial charge in [0.25, 0.3) is 0 Å². The molecule has 0 aliphatic carbocycles. The molecule has 0 aromatic carbocycles. The Bertz CT molecular complexity index is 1520. The number of carbonyl (C=O) groups is 2. The molecule has 4 aromatic rings. The van der Waals surface area contributed by atoms with Gasteiger partial charge in [0.1, 0.15) is 16.8 Å². The van der Waals surface area contributed by atoms with E-state index in [0.717, 1.165) is 0 Å². The summed E-state index contributed by atoms with van der Waals surface area (Å²) in [5.74, 6) is -1.00. The minimum atomic E-state index is -0.577. The molecule has 4 aromatic heterocycles. The van der Waals surface area contributed by atoms with Crippen LogP contribution in [0.25, 0.3) is 22.1 Å². The number of esters is 2. The summed E-state index contributed by atoms with van der Waals surface area (Å²) in [6.07, 6.45) is 4.28. The number of hydrogen-bond acceptors (Lipinski definition) is 8. The molecule has 12 heteroatoms. The second-order valence-corrected chi connectivity index (χ2v) is 8.50. The smallest absolute Gasteiger partial charge is 0.343 e. The summed E-state index contributed by atoms with van der Waals surface area (Å²) in [5, 5.41) is 9.82. The molecule has 0 aliphatic rings. The van der Waals surface area contributed by atoms with Crippen molar-refractivity contribution in [2.24, 2.45) is 0 Å². The maximum Gasteiger partial charge on any atom is 0.343 e. The Labute approximate surface area is 232 Å². The van der Waals surface area contributed by atoms with Crippen molar-refractivity contribution < 1.29 is 19.1 Å². The Hall–Kier alpha value is -3.73. The van der Waals surface area contributed by atoms with Crippen molar-refractivity contribution in [3.8, 4) is 0 Å². The molecule has 0 saturated carbocycles. The fourth-order valence-corrected chi connectivity index (χ4v) is 4.40. The number of fused-ring (bicyclic) bond motifs is 2. The highest BCUT2D eigenvalue weighted by Gasteiger charge is 2.23. The van der Waals surface area contributed by atoms with Gasteiger partial charge >= 0.3 is 11.9 Å². The number of nitrogens with one attached hydrogen (secondary N) is 1. The lowest BCUT2D eigenvalue weighted by molar-refractivity contribution is 0.0514. The summed E-state index contributed by atoms with van der Waals surface area (Å²) in [6, 6.07) is 0. The van der Waals surface area contributed by atoms with Crippen LogP contribution in [0.4, 0.5) is 0 Å². The van der Waals surface area contributed by atoms with E-state index in [1.807, 2.05) is 27.7 Å². The van der Waals surface area contributed by atoms with E-state index in [-0.39, 0.29) is 25.0 Å². The maximum absolute atomic E-state index is 12.4. The second-order valence-electron chi connectivity index (χ2n) is 8.12. The monoisotopic (exact) mass is 560 g/mol. The molecule has 212 valence electrons. The van der Waals surface area contributed by atoms with Crippen molar-refractivity contribution >= 4 is 45.6 Å². The highest BCUT2D eigenvalue weighted by molar-refractivity contribution is 6.38. The van der Waals surface area contributed by atoms with E-state index < -0.39 is 11.9 Å². The molecule has 0 saturated heterocycles. The molecular formula is C27H37ClN6O5. The number of aryl methyl sites for hydroxylation is 4. The first-order valence-corrected chi connectivity index (χ1v) is 13.1. The average molecular weight is 561 g/mol. The molecule has 0 aliphatic heterocycles. The number of halogens is 1. The largest absolute Gasteiger partial charge is 0.462 e. The first kappa shape index (κ1) is 31.5. The van der Waals surface area contributed by atoms with E-state index in [9.17, 15) is 14.4 Å². The highest BCUT2D eigenvalue weighted by atomic mass is 35.5. The van der Waals surface area contributed by atoms with Gasteiger partial charge in [0, 0.05) is 18.8 Å². The molecule has 0 bridgehead atoms. The van der Waals surface area contributed by atoms with Crippen LogP contribution in [0.15, 0.2) is 17.2 Å². The lowest BCUT2D eigenvalue weighted by Gasteiger charge is -2.10. The molecular weight excluding hydrogens is 524 g/mol. The molecule has 39 heavy (non-hydrogen) atoms. The SMILES string of the molecule is C.CCOC(=O)c1c(CC)[nH]c2c(cnn2CC)c1=O.CCOC(=O)c1c(CC)nc2c(cnn2CC)c1Cl. The maximum atomic E-state index is 12.4. The number of ether oxygens (including phenoxy) is 2. The van der Waals surface area contributed by atoms with E-state index in [1.54, 1.807) is 29.4 Å². The predicted molar refractivity (Wildman–Crippen MR) is 152 cm³/mol. The highest BCUT2D eigenvalue weighted by Crippen LogP contribution is 2.29. The van der Waals surface area contributed by atoms with Gasteiger partial charge in [-0.1, -0.05) is 32.9 Å². The summed E-state index contributed by atoms with van der Waals surface area (Å²) < 4.78 is 13.4. The van der Waals surface area contributed by atoms with E-state index in [0.29, 0.717) is 76.6 Å². The van der Waals surface area contributed by atoms with Crippen LogP contribution in [-0.2, 0) is 35.4 Å². The normalized spacial score (nSPS) is 10.6. The standard InChI is InChI=1S/C13H16ClN3O2.C13H17N3O3.CH4/c1-4-9-10(13(18)19-6-3)11(14)8-7-15-17(5-2)12(8)16-9;1-4-9-10(13(18)19-6-3)11(17)8-7-14-16(5-2)12(8)15-9;/h7H,4-6H2,1-3H3;7H,4-6H2,1-3H3,(H,15,17);1H4. The third-order valence-electron chi connectivity index (χ3n) is 5.93. The molecule has 0 radical (unpaired) electrons. The minimum absolute atomic E-state index is 0. The lowest BCUT2D eigenvalue weighted by Crippen LogP contribution is -2.22. The van der Waals surface area contributed by atoms with Crippen LogP contribution >= 0.6 is 11.6 Å². The minimum Gasteiger partial charge on any atom is -0.462 e. The number of carbonyl (C=O) groups excluding carboxylic acids is 2. The zero-order valence-electron chi connectivity index (χ0n) is 22.6. The van der Waals surface area contributed by atoms with Crippen LogP contribution < -0.4 is 5.43 Å². The number of nitrogens with zero attached hydrogens (tertiary/aromatic N) is 5. The second kappa shape index (κ2) is 13.9. The fourth-order valence-electron chi connectivity index (χ4n) is 4.08. The van der Waals surface area contributed by atoms with E-state index in [1.165, 1.54) is 6.20 Å². The van der Waals surface area contributed by atoms with E-state index in [4.69, 9.17) is 21.1 Å². The Kier molecular flexibility index (Phi) is 11.2. The van der Waals surface area contributed by atoms with Gasteiger partial charge in [0.05, 0.1) is 47.1 Å². The summed E-state index contributed by atoms with van der Waals surface area (Å²) in [4.78, 5) is 43.9. The Morgan fingerprint density at radius 1 is 0.872 bits per heavy atom. The van der Waals surface area contributed by atoms with Gasteiger partial charge < -0.3 is 14.5 Å². The molecule has 0 spiro atoms. The zero-order valence-corrected chi connectivity index (χ0v) is 23.3. The number of H-pyrrole nitrogens is 1. The number of rotatable bonds is 8. The van der Waals surface area contributed by atoms with Gasteiger partial charge in [-0.05, 0) is 40.5 Å². The van der Waals surface area contributed by atoms with Crippen molar-refractivity contribution in [2.45, 2.75) is 74.9 Å². The van der Waals surface area contributed by atoms with Gasteiger partial charge in [-0.25, -0.2) is 23.9 Å². The van der Waals surface area contributed by atoms with Crippen LogP contribution in [-0.4, -0.2) is 54.7 Å². The first-order valence-electron chi connectivity index (χ1n) is 12.8. The summed E-state index contributed by atoms with van der Waals surface area (Å²) in [7, 11) is 0. The van der Waals surface area contributed by atoms with Crippen molar-refractivity contribution in [1.82, 2.24) is 29.5 Å². The van der Waals surface area contributed by atoms with Crippen LogP contribution in [0, 0.1) is 0 Å². The molecule has 11 nitrogen and oxygen atoms in total. The van der Waals surface area contributed by atoms with Crippen molar-refractivity contribution in [1.29, 1.82) is 0 Å². The van der Waals surface area contributed by atoms with Crippen molar-refractivity contribution in [3.63, 3.8) is 0 Å². The van der Waals surface area contributed by atoms with Crippen LogP contribution in [0.1, 0.15) is 81.1 Å². The fraction of sp³-hybridized carbons (Fsp3) is 0.481. The molecule has 0 amide bonds. The Balaban J connectivity index is 0.000000267. The van der Waals surface area contributed by atoms with Gasteiger partial charge in [-0.3, -0.25) is 4.79 Å². The van der Waals surface area contributed by atoms with Crippen molar-refractivity contribution in [2.75, 3.05) is 13.2 Å². The number of aromatic nitrogens is 6. The zero-order chi connectivity index (χ0) is 28.0. The third-order valence-corrected chi connectivity index (χ3v) is 6.32. The lowest BCUT2D eigenvalue weighted by atomic mass is 10.1. The number of aromatic amines is 1. The van der Waals surface area contributed by atoms with Crippen LogP contribution in [0.2, 0.25) is 5.02 Å². The van der Waals surface area contributed by atoms with Crippen LogP contribution in [0.5, 0.6) is 0 Å². The van der Waals surface area contributed by atoms with E-state index >= 15 is 0 Å².